The average Bonchev–Trinajstić information content (AvgIpc) is 2.99. The molecule has 0 saturated carbocycles. The van der Waals surface area contributed by atoms with Gasteiger partial charge >= 0.3 is 0 Å². The summed E-state index contributed by atoms with van der Waals surface area (Å²) in [4.78, 5) is 20.0. The van der Waals surface area contributed by atoms with Crippen molar-refractivity contribution in [3.63, 3.8) is 0 Å². The molecule has 0 aliphatic carbocycles. The van der Waals surface area contributed by atoms with Crippen molar-refractivity contribution in [3.05, 3.63) is 42.3 Å². The zero-order valence-electron chi connectivity index (χ0n) is 15.3. The van der Waals surface area contributed by atoms with Crippen molar-refractivity contribution >= 4 is 23.5 Å². The van der Waals surface area contributed by atoms with Crippen LogP contribution in [0.4, 0.5) is 0 Å². The fraction of sp³-hybridized carbons (Fsp3) is 0.450. The summed E-state index contributed by atoms with van der Waals surface area (Å²) in [7, 11) is 0. The van der Waals surface area contributed by atoms with E-state index in [1.54, 1.807) is 18.6 Å². The Kier molecular flexibility index (Phi) is 7.38. The van der Waals surface area contributed by atoms with Crippen LogP contribution in [0.5, 0.6) is 0 Å². The lowest BCUT2D eigenvalue weighted by Crippen LogP contribution is -2.10. The van der Waals surface area contributed by atoms with Gasteiger partial charge in [-0.05, 0) is 31.9 Å². The van der Waals surface area contributed by atoms with E-state index in [4.69, 9.17) is 4.74 Å². The molecule has 5 nitrogen and oxygen atoms in total. The number of fused-ring (bicyclic) bond motifs is 1. The quantitative estimate of drug-likeness (QED) is 0.334. The van der Waals surface area contributed by atoms with Gasteiger partial charge in [0.25, 0.3) is 0 Å². The van der Waals surface area contributed by atoms with Crippen LogP contribution in [-0.2, 0) is 4.74 Å². The third-order valence-electron chi connectivity index (χ3n) is 4.21. The molecule has 0 aromatic carbocycles. The lowest BCUT2D eigenvalue weighted by molar-refractivity contribution is 0.111. The summed E-state index contributed by atoms with van der Waals surface area (Å²) in [6.07, 6.45) is 13.4. The molecule has 2 rings (SSSR count). The van der Waals surface area contributed by atoms with Crippen LogP contribution in [0, 0.1) is 0 Å². The van der Waals surface area contributed by atoms with Gasteiger partial charge in [0.2, 0.25) is 0 Å². The molecule has 0 aliphatic rings. The number of hydrogen-bond donors (Lipinski definition) is 0. The van der Waals surface area contributed by atoms with Crippen LogP contribution in [0.1, 0.15) is 75.2 Å². The van der Waals surface area contributed by atoms with Gasteiger partial charge in [-0.3, -0.25) is 4.79 Å². The Bertz CT molecular complexity index is 747. The molecule has 0 bridgehead atoms. The van der Waals surface area contributed by atoms with Crippen molar-refractivity contribution in [2.45, 2.75) is 58.9 Å². The van der Waals surface area contributed by atoms with Gasteiger partial charge in [0, 0.05) is 12.1 Å². The van der Waals surface area contributed by atoms with Crippen LogP contribution in [0.3, 0.4) is 0 Å². The second-order valence-electron chi connectivity index (χ2n) is 6.00. The molecule has 1 unspecified atom stereocenters. The summed E-state index contributed by atoms with van der Waals surface area (Å²) in [6, 6.07) is 4.03. The fourth-order valence-corrected chi connectivity index (χ4v) is 2.95. The molecule has 2 aromatic rings. The molecule has 0 N–H and O–H groups in total. The lowest BCUT2D eigenvalue weighted by Gasteiger charge is -2.19. The molecule has 0 aliphatic heterocycles. The molecule has 5 heteroatoms. The van der Waals surface area contributed by atoms with E-state index in [1.165, 1.54) is 19.3 Å². The van der Waals surface area contributed by atoms with Crippen LogP contribution < -0.4 is 0 Å². The predicted molar refractivity (Wildman–Crippen MR) is 101 cm³/mol. The van der Waals surface area contributed by atoms with Gasteiger partial charge in [0.15, 0.2) is 11.9 Å². The number of hydrogen-bond acceptors (Lipinski definition) is 4. The Labute approximate surface area is 149 Å². The maximum Gasteiger partial charge on any atom is 0.178 e. The minimum absolute atomic E-state index is 0.349. The van der Waals surface area contributed by atoms with Crippen LogP contribution in [0.15, 0.2) is 30.7 Å². The van der Waals surface area contributed by atoms with E-state index in [0.717, 1.165) is 30.5 Å². The largest absolute Gasteiger partial charge is 0.473 e. The molecule has 0 spiro atoms. The molecular weight excluding hydrogens is 314 g/mol. The number of imidazole rings is 1. The van der Waals surface area contributed by atoms with E-state index < -0.39 is 0 Å². The number of carbonyl (C=O) groups is 1. The monoisotopic (exact) mass is 341 g/mol. The van der Waals surface area contributed by atoms with Crippen molar-refractivity contribution in [2.24, 2.45) is 0 Å². The number of carbonyl (C=O) groups excluding carboxylic acids is 1. The number of aldehydes is 1. The molecule has 2 aromatic heterocycles. The van der Waals surface area contributed by atoms with Crippen molar-refractivity contribution in [1.82, 2.24) is 14.5 Å². The van der Waals surface area contributed by atoms with Crippen molar-refractivity contribution < 1.29 is 9.53 Å². The number of aromatic nitrogens is 3. The number of ether oxygens (including phenoxy) is 1. The van der Waals surface area contributed by atoms with Gasteiger partial charge in [0.1, 0.15) is 11.5 Å². The molecule has 25 heavy (non-hydrogen) atoms. The first-order chi connectivity index (χ1) is 12.2. The zero-order chi connectivity index (χ0) is 18.1. The minimum Gasteiger partial charge on any atom is -0.473 e. The Balaban J connectivity index is 2.44. The lowest BCUT2D eigenvalue weighted by atomic mass is 10.1. The molecule has 2 heterocycles. The van der Waals surface area contributed by atoms with E-state index in [0.29, 0.717) is 17.4 Å². The smallest absolute Gasteiger partial charge is 0.178 e. The Morgan fingerprint density at radius 3 is 2.72 bits per heavy atom. The highest BCUT2D eigenvalue weighted by molar-refractivity contribution is 5.80. The van der Waals surface area contributed by atoms with Crippen molar-refractivity contribution in [3.8, 4) is 0 Å². The van der Waals surface area contributed by atoms with Gasteiger partial charge in [-0.2, -0.15) is 0 Å². The molecular formula is C20H27N3O2. The predicted octanol–water partition coefficient (Wildman–Crippen LogP) is 5.30. The van der Waals surface area contributed by atoms with E-state index in [2.05, 4.69) is 28.4 Å². The van der Waals surface area contributed by atoms with Crippen LogP contribution in [0.2, 0.25) is 0 Å². The highest BCUT2D eigenvalue weighted by atomic mass is 16.5. The number of unbranched alkanes of at least 4 members (excludes halogenated alkanes) is 2. The summed E-state index contributed by atoms with van der Waals surface area (Å²) in [6.45, 7) is 6.31. The first-order valence-electron chi connectivity index (χ1n) is 9.02. The summed E-state index contributed by atoms with van der Waals surface area (Å²) in [5, 5.41) is 0. The maximum atomic E-state index is 11.0. The minimum atomic E-state index is 0.349. The average molecular weight is 341 g/mol. The summed E-state index contributed by atoms with van der Waals surface area (Å²) in [5.74, 6) is 0.804. The number of rotatable bonds is 10. The number of nitrogens with zero attached hydrogens (tertiary/aromatic N) is 3. The van der Waals surface area contributed by atoms with E-state index >= 15 is 0 Å². The van der Waals surface area contributed by atoms with Crippen LogP contribution >= 0.6 is 0 Å². The Morgan fingerprint density at radius 2 is 2.04 bits per heavy atom. The maximum absolute atomic E-state index is 11.0. The Morgan fingerprint density at radius 1 is 1.20 bits per heavy atom. The van der Waals surface area contributed by atoms with Gasteiger partial charge in [0.05, 0.1) is 18.0 Å². The van der Waals surface area contributed by atoms with Crippen molar-refractivity contribution in [2.75, 3.05) is 0 Å². The first kappa shape index (κ1) is 18.9. The van der Waals surface area contributed by atoms with E-state index in [1.807, 2.05) is 25.1 Å². The topological polar surface area (TPSA) is 57.0 Å². The zero-order valence-corrected chi connectivity index (χ0v) is 15.3. The first-order valence-corrected chi connectivity index (χ1v) is 9.02. The summed E-state index contributed by atoms with van der Waals surface area (Å²) >= 11 is 0. The van der Waals surface area contributed by atoms with Crippen LogP contribution in [0.25, 0.3) is 17.2 Å². The van der Waals surface area contributed by atoms with Gasteiger partial charge in [-0.25, -0.2) is 9.97 Å². The second-order valence-corrected chi connectivity index (χ2v) is 6.00. The molecule has 0 saturated heterocycles. The van der Waals surface area contributed by atoms with Gasteiger partial charge in [-0.1, -0.05) is 39.2 Å². The number of pyridine rings is 1. The normalized spacial score (nSPS) is 13.1. The Hall–Kier alpha value is -2.43. The fourth-order valence-electron chi connectivity index (χ4n) is 2.95. The van der Waals surface area contributed by atoms with Gasteiger partial charge < -0.3 is 9.30 Å². The SMILES string of the molecule is C/C=C\O/C=C/c1nc2nc(C=O)ccc2n1C(CC)CCCCC. The van der Waals surface area contributed by atoms with Crippen LogP contribution in [-0.4, -0.2) is 20.8 Å². The second kappa shape index (κ2) is 9.77. The summed E-state index contributed by atoms with van der Waals surface area (Å²) in [5.41, 5.74) is 1.96. The molecule has 0 radical (unpaired) electrons. The van der Waals surface area contributed by atoms with Gasteiger partial charge in [-0.15, -0.1) is 0 Å². The third-order valence-corrected chi connectivity index (χ3v) is 4.21. The van der Waals surface area contributed by atoms with E-state index in [9.17, 15) is 4.79 Å². The molecule has 134 valence electrons. The third kappa shape index (κ3) is 4.78. The summed E-state index contributed by atoms with van der Waals surface area (Å²) < 4.78 is 7.53. The van der Waals surface area contributed by atoms with Crippen molar-refractivity contribution in [1.29, 1.82) is 0 Å². The highest BCUT2D eigenvalue weighted by Gasteiger charge is 2.17. The van der Waals surface area contributed by atoms with E-state index in [-0.39, 0.29) is 0 Å². The number of allylic oxidation sites excluding steroid dienone is 1. The highest BCUT2D eigenvalue weighted by Crippen LogP contribution is 2.27. The standard InChI is InChI=1S/C20H27N3O2/c1-4-7-8-9-17(6-3)23-18-11-10-16(15-24)21-20(18)22-19(23)12-14-25-13-5-2/h5,10-15,17H,4,6-9H2,1-3H3/b13-5-,14-12+. The molecule has 1 atom stereocenters. The molecule has 0 amide bonds. The molecule has 0 fully saturated rings.